The van der Waals surface area contributed by atoms with E-state index in [1.807, 2.05) is 18.2 Å². The molecular formula is C15H22N2O2. The van der Waals surface area contributed by atoms with Crippen molar-refractivity contribution < 1.29 is 9.90 Å². The Kier molecular flexibility index (Phi) is 4.93. The Balaban J connectivity index is 2.07. The van der Waals surface area contributed by atoms with Crippen LogP contribution in [0.4, 0.5) is 0 Å². The molecule has 1 fully saturated rings. The lowest BCUT2D eigenvalue weighted by molar-refractivity contribution is -0.138. The van der Waals surface area contributed by atoms with Gasteiger partial charge in [0.05, 0.1) is 6.42 Å². The summed E-state index contributed by atoms with van der Waals surface area (Å²) >= 11 is 0. The number of aliphatic carboxylic acids is 1. The minimum atomic E-state index is -0.710. The summed E-state index contributed by atoms with van der Waals surface area (Å²) in [7, 11) is 2.07. The molecule has 19 heavy (non-hydrogen) atoms. The minimum absolute atomic E-state index is 0.102. The van der Waals surface area contributed by atoms with E-state index in [2.05, 4.69) is 29.0 Å². The van der Waals surface area contributed by atoms with Gasteiger partial charge in [-0.1, -0.05) is 30.3 Å². The Hall–Kier alpha value is -1.39. The topological polar surface area (TPSA) is 43.8 Å². The first kappa shape index (κ1) is 14.0. The van der Waals surface area contributed by atoms with E-state index >= 15 is 0 Å². The minimum Gasteiger partial charge on any atom is -0.481 e. The average Bonchev–Trinajstić information content (AvgIpc) is 2.52. The molecule has 0 radical (unpaired) electrons. The fraction of sp³-hybridized carbons (Fsp3) is 0.533. The first-order valence-electron chi connectivity index (χ1n) is 6.83. The Bertz CT molecular complexity index is 408. The predicted molar refractivity (Wildman–Crippen MR) is 75.0 cm³/mol. The third-order valence-corrected chi connectivity index (χ3v) is 3.66. The van der Waals surface area contributed by atoms with Gasteiger partial charge in [-0.05, 0) is 25.6 Å². The number of hydrogen-bond acceptors (Lipinski definition) is 3. The summed E-state index contributed by atoms with van der Waals surface area (Å²) in [6, 6.07) is 10.4. The van der Waals surface area contributed by atoms with Gasteiger partial charge in [-0.2, -0.15) is 0 Å². The summed E-state index contributed by atoms with van der Waals surface area (Å²) in [4.78, 5) is 15.6. The van der Waals surface area contributed by atoms with Gasteiger partial charge in [-0.25, -0.2) is 0 Å². The second kappa shape index (κ2) is 6.68. The van der Waals surface area contributed by atoms with E-state index in [1.54, 1.807) is 0 Å². The Labute approximate surface area is 114 Å². The van der Waals surface area contributed by atoms with Crippen LogP contribution in [-0.2, 0) is 11.3 Å². The van der Waals surface area contributed by atoms with Gasteiger partial charge in [-0.15, -0.1) is 0 Å². The number of nitrogens with zero attached hydrogens (tertiary/aromatic N) is 2. The molecule has 4 nitrogen and oxygen atoms in total. The molecule has 1 aliphatic heterocycles. The van der Waals surface area contributed by atoms with Crippen molar-refractivity contribution in [1.29, 1.82) is 0 Å². The number of likely N-dealkylation sites (N-methyl/N-ethyl adjacent to an activating group) is 1. The summed E-state index contributed by atoms with van der Waals surface area (Å²) in [5.74, 6) is -0.710. The Morgan fingerprint density at radius 3 is 2.74 bits per heavy atom. The van der Waals surface area contributed by atoms with Gasteiger partial charge in [0, 0.05) is 25.7 Å². The van der Waals surface area contributed by atoms with E-state index in [1.165, 1.54) is 5.56 Å². The first-order chi connectivity index (χ1) is 9.15. The molecule has 0 bridgehead atoms. The quantitative estimate of drug-likeness (QED) is 0.896. The number of carbonyl (C=O) groups is 1. The zero-order valence-electron chi connectivity index (χ0n) is 11.5. The van der Waals surface area contributed by atoms with Crippen molar-refractivity contribution >= 4 is 5.97 Å². The summed E-state index contributed by atoms with van der Waals surface area (Å²) in [6.45, 7) is 3.68. The van der Waals surface area contributed by atoms with Crippen LogP contribution in [-0.4, -0.2) is 53.6 Å². The van der Waals surface area contributed by atoms with Crippen molar-refractivity contribution in [1.82, 2.24) is 9.80 Å². The van der Waals surface area contributed by atoms with E-state index < -0.39 is 5.97 Å². The maximum absolute atomic E-state index is 11.0. The van der Waals surface area contributed by atoms with Gasteiger partial charge in [0.2, 0.25) is 0 Å². The maximum Gasteiger partial charge on any atom is 0.304 e. The van der Waals surface area contributed by atoms with E-state index in [9.17, 15) is 4.79 Å². The molecule has 2 rings (SSSR count). The molecule has 1 saturated heterocycles. The normalized spacial score (nSPS) is 22.1. The standard InChI is InChI=1S/C15H22N2O2/c1-16-8-5-9-17(14(12-16)10-15(18)19)11-13-6-3-2-4-7-13/h2-4,6-7,14H,5,8-12H2,1H3,(H,18,19). The van der Waals surface area contributed by atoms with Crippen LogP contribution in [0.25, 0.3) is 0 Å². The van der Waals surface area contributed by atoms with Crippen molar-refractivity contribution in [2.75, 3.05) is 26.7 Å². The zero-order chi connectivity index (χ0) is 13.7. The van der Waals surface area contributed by atoms with E-state index in [0.717, 1.165) is 32.6 Å². The molecule has 4 heteroatoms. The fourth-order valence-electron chi connectivity index (χ4n) is 2.71. The number of benzene rings is 1. The molecule has 1 unspecified atom stereocenters. The van der Waals surface area contributed by atoms with Crippen LogP contribution in [0.3, 0.4) is 0 Å². The van der Waals surface area contributed by atoms with Crippen molar-refractivity contribution in [2.45, 2.75) is 25.4 Å². The van der Waals surface area contributed by atoms with Crippen LogP contribution in [0.2, 0.25) is 0 Å². The van der Waals surface area contributed by atoms with E-state index in [4.69, 9.17) is 5.11 Å². The van der Waals surface area contributed by atoms with Crippen LogP contribution < -0.4 is 0 Å². The zero-order valence-corrected chi connectivity index (χ0v) is 11.5. The molecule has 0 spiro atoms. The highest BCUT2D eigenvalue weighted by Crippen LogP contribution is 2.16. The number of hydrogen-bond donors (Lipinski definition) is 1. The van der Waals surface area contributed by atoms with Crippen molar-refractivity contribution in [3.05, 3.63) is 35.9 Å². The molecule has 0 amide bonds. The predicted octanol–water partition coefficient (Wildman–Crippen LogP) is 1.67. The first-order valence-corrected chi connectivity index (χ1v) is 6.83. The summed E-state index contributed by atoms with van der Waals surface area (Å²) in [6.07, 6.45) is 1.32. The van der Waals surface area contributed by atoms with Crippen LogP contribution >= 0.6 is 0 Å². The van der Waals surface area contributed by atoms with Crippen molar-refractivity contribution in [3.63, 3.8) is 0 Å². The highest BCUT2D eigenvalue weighted by molar-refractivity contribution is 5.67. The van der Waals surface area contributed by atoms with E-state index in [-0.39, 0.29) is 12.5 Å². The summed E-state index contributed by atoms with van der Waals surface area (Å²) in [5, 5.41) is 9.08. The lowest BCUT2D eigenvalue weighted by atomic mass is 10.1. The van der Waals surface area contributed by atoms with Crippen molar-refractivity contribution in [2.24, 2.45) is 0 Å². The Morgan fingerprint density at radius 1 is 1.32 bits per heavy atom. The van der Waals surface area contributed by atoms with Crippen molar-refractivity contribution in [3.8, 4) is 0 Å². The number of carboxylic acids is 1. The lowest BCUT2D eigenvalue weighted by Crippen LogP contribution is -2.41. The smallest absolute Gasteiger partial charge is 0.304 e. The molecule has 1 aliphatic rings. The lowest BCUT2D eigenvalue weighted by Gasteiger charge is -2.29. The van der Waals surface area contributed by atoms with Gasteiger partial charge >= 0.3 is 5.97 Å². The molecular weight excluding hydrogens is 240 g/mol. The van der Waals surface area contributed by atoms with E-state index in [0.29, 0.717) is 0 Å². The van der Waals surface area contributed by atoms with Gasteiger partial charge in [-0.3, -0.25) is 9.69 Å². The molecule has 1 N–H and O–H groups in total. The SMILES string of the molecule is CN1CCCN(Cc2ccccc2)C(CC(=O)O)C1. The monoisotopic (exact) mass is 262 g/mol. The van der Waals surface area contributed by atoms with Crippen LogP contribution in [0, 0.1) is 0 Å². The second-order valence-corrected chi connectivity index (χ2v) is 5.32. The van der Waals surface area contributed by atoms with Gasteiger partial charge in [0.1, 0.15) is 0 Å². The van der Waals surface area contributed by atoms with Gasteiger partial charge in [0.25, 0.3) is 0 Å². The molecule has 1 heterocycles. The fourth-order valence-corrected chi connectivity index (χ4v) is 2.71. The molecule has 0 aromatic heterocycles. The number of rotatable bonds is 4. The van der Waals surface area contributed by atoms with Crippen LogP contribution in [0.15, 0.2) is 30.3 Å². The molecule has 1 aromatic carbocycles. The van der Waals surface area contributed by atoms with Gasteiger partial charge in [0.15, 0.2) is 0 Å². The van der Waals surface area contributed by atoms with Crippen LogP contribution in [0.5, 0.6) is 0 Å². The molecule has 0 aliphatic carbocycles. The number of carboxylic acid groups (broad SMARTS) is 1. The average molecular weight is 262 g/mol. The Morgan fingerprint density at radius 2 is 2.05 bits per heavy atom. The molecule has 1 atom stereocenters. The molecule has 104 valence electrons. The highest BCUT2D eigenvalue weighted by Gasteiger charge is 2.25. The molecule has 0 saturated carbocycles. The summed E-state index contributed by atoms with van der Waals surface area (Å²) < 4.78 is 0. The van der Waals surface area contributed by atoms with Gasteiger partial charge < -0.3 is 10.0 Å². The van der Waals surface area contributed by atoms with Crippen LogP contribution in [0.1, 0.15) is 18.4 Å². The highest BCUT2D eigenvalue weighted by atomic mass is 16.4. The second-order valence-electron chi connectivity index (χ2n) is 5.32. The summed E-state index contributed by atoms with van der Waals surface area (Å²) in [5.41, 5.74) is 1.25. The largest absolute Gasteiger partial charge is 0.481 e. The third-order valence-electron chi connectivity index (χ3n) is 3.66. The maximum atomic E-state index is 11.0. The third kappa shape index (κ3) is 4.33. The molecule has 1 aromatic rings.